The molecule has 1 heterocycles. The Balaban J connectivity index is 1.77. The van der Waals surface area contributed by atoms with Crippen molar-refractivity contribution in [3.8, 4) is 11.4 Å². The minimum atomic E-state index is -0.104. The number of thioether (sulfide) groups is 1. The Kier molecular flexibility index (Phi) is 8.43. The van der Waals surface area contributed by atoms with Crippen molar-refractivity contribution in [2.45, 2.75) is 31.5 Å². The third-order valence-corrected chi connectivity index (χ3v) is 6.63. The molecule has 0 aliphatic rings. The molecule has 0 saturated heterocycles. The molecule has 0 unspecified atom stereocenters. The third-order valence-electron chi connectivity index (χ3n) is 4.44. The maximum atomic E-state index is 12.6. The van der Waals surface area contributed by atoms with E-state index in [2.05, 4.69) is 64.6 Å². The Labute approximate surface area is 209 Å². The molecule has 0 fully saturated rings. The lowest BCUT2D eigenvalue weighted by molar-refractivity contribution is -0.113. The Morgan fingerprint density at radius 2 is 2.03 bits per heavy atom. The summed E-state index contributed by atoms with van der Waals surface area (Å²) >= 11 is 16.0. The first kappa shape index (κ1) is 24.1. The maximum absolute atomic E-state index is 12.6. The van der Waals surface area contributed by atoms with Crippen LogP contribution in [0.1, 0.15) is 25.3 Å². The van der Waals surface area contributed by atoms with E-state index in [1.165, 1.54) is 11.8 Å². The first-order chi connectivity index (χ1) is 14.8. The highest BCUT2D eigenvalue weighted by molar-refractivity contribution is 14.1. The molecule has 1 N–H and O–H groups in total. The number of nitrogens with zero attached hydrogens (tertiary/aromatic N) is 3. The van der Waals surface area contributed by atoms with E-state index in [1.54, 1.807) is 24.3 Å². The fraction of sp³-hybridized carbons (Fsp3) is 0.227. The number of anilines is 1. The van der Waals surface area contributed by atoms with Crippen molar-refractivity contribution < 1.29 is 4.79 Å². The van der Waals surface area contributed by atoms with E-state index in [0.717, 1.165) is 20.4 Å². The molecule has 3 aromatic rings. The van der Waals surface area contributed by atoms with Crippen molar-refractivity contribution in [2.24, 2.45) is 0 Å². The molecule has 0 aliphatic heterocycles. The zero-order valence-corrected chi connectivity index (χ0v) is 21.5. The summed E-state index contributed by atoms with van der Waals surface area (Å²) in [4.78, 5) is 12.6. The van der Waals surface area contributed by atoms with Crippen LogP contribution < -0.4 is 5.32 Å². The van der Waals surface area contributed by atoms with E-state index >= 15 is 0 Å². The second kappa shape index (κ2) is 10.8. The quantitative estimate of drug-likeness (QED) is 0.177. The Bertz CT molecular complexity index is 1120. The van der Waals surface area contributed by atoms with E-state index in [4.69, 9.17) is 23.2 Å². The SMILES string of the molecule is C=CCn1c(SCC(=O)Nc2ccc(I)cc2C(C)C)nnc1-c1ccc(Cl)cc1Cl. The van der Waals surface area contributed by atoms with Gasteiger partial charge < -0.3 is 5.32 Å². The van der Waals surface area contributed by atoms with Crippen LogP contribution in [0.4, 0.5) is 5.69 Å². The predicted octanol–water partition coefficient (Wildman–Crippen LogP) is 6.90. The normalized spacial score (nSPS) is 11.0. The summed E-state index contributed by atoms with van der Waals surface area (Å²) in [5.74, 6) is 1.00. The summed E-state index contributed by atoms with van der Waals surface area (Å²) in [6.07, 6.45) is 1.75. The highest BCUT2D eigenvalue weighted by Crippen LogP contribution is 2.32. The molecule has 31 heavy (non-hydrogen) atoms. The van der Waals surface area contributed by atoms with Crippen molar-refractivity contribution in [3.05, 3.63) is 68.2 Å². The molecule has 0 atom stereocenters. The Morgan fingerprint density at radius 3 is 2.71 bits per heavy atom. The minimum absolute atomic E-state index is 0.104. The molecule has 0 spiro atoms. The summed E-state index contributed by atoms with van der Waals surface area (Å²) in [7, 11) is 0. The molecule has 0 radical (unpaired) electrons. The molecular formula is C22H21Cl2IN4OS. The zero-order chi connectivity index (χ0) is 22.5. The summed E-state index contributed by atoms with van der Waals surface area (Å²) in [6, 6.07) is 11.2. The van der Waals surface area contributed by atoms with Gasteiger partial charge in [-0.25, -0.2) is 0 Å². The molecule has 0 bridgehead atoms. The summed E-state index contributed by atoms with van der Waals surface area (Å²) in [6.45, 7) is 8.51. The van der Waals surface area contributed by atoms with E-state index in [-0.39, 0.29) is 11.7 Å². The minimum Gasteiger partial charge on any atom is -0.325 e. The van der Waals surface area contributed by atoms with Crippen LogP contribution in [0, 0.1) is 3.57 Å². The lowest BCUT2D eigenvalue weighted by atomic mass is 10.0. The molecule has 0 aliphatic carbocycles. The van der Waals surface area contributed by atoms with Crippen LogP contribution in [0.2, 0.25) is 10.0 Å². The molecule has 2 aromatic carbocycles. The van der Waals surface area contributed by atoms with Crippen molar-refractivity contribution >= 4 is 69.1 Å². The number of benzene rings is 2. The van der Waals surface area contributed by atoms with E-state index in [9.17, 15) is 4.79 Å². The number of halogens is 3. The number of carbonyl (C=O) groups excluding carboxylic acids is 1. The van der Waals surface area contributed by atoms with Gasteiger partial charge in [-0.05, 0) is 70.5 Å². The van der Waals surface area contributed by atoms with Crippen molar-refractivity contribution in [1.29, 1.82) is 0 Å². The van der Waals surface area contributed by atoms with Crippen LogP contribution in [0.5, 0.6) is 0 Å². The standard InChI is InChI=1S/C22H21Cl2IN4OS/c1-4-9-29-21(16-7-5-14(23)10-18(16)24)27-28-22(29)31-12-20(30)26-19-8-6-15(25)11-17(19)13(2)3/h4-8,10-11,13H,1,9,12H2,2-3H3,(H,26,30). The molecule has 1 amide bonds. The average molecular weight is 587 g/mol. The molecule has 0 saturated carbocycles. The molecule has 3 rings (SSSR count). The number of hydrogen-bond acceptors (Lipinski definition) is 4. The fourth-order valence-corrected chi connectivity index (χ4v) is 4.76. The molecule has 162 valence electrons. The number of hydrogen-bond donors (Lipinski definition) is 1. The van der Waals surface area contributed by atoms with Crippen molar-refractivity contribution in [2.75, 3.05) is 11.1 Å². The van der Waals surface area contributed by atoms with Crippen molar-refractivity contribution in [3.63, 3.8) is 0 Å². The van der Waals surface area contributed by atoms with Crippen LogP contribution in [-0.2, 0) is 11.3 Å². The van der Waals surface area contributed by atoms with Crippen LogP contribution in [0.25, 0.3) is 11.4 Å². The van der Waals surface area contributed by atoms with Crippen LogP contribution in [-0.4, -0.2) is 26.4 Å². The Morgan fingerprint density at radius 1 is 1.26 bits per heavy atom. The van der Waals surface area contributed by atoms with Crippen LogP contribution in [0.3, 0.4) is 0 Å². The van der Waals surface area contributed by atoms with Gasteiger partial charge in [-0.15, -0.1) is 16.8 Å². The van der Waals surface area contributed by atoms with Crippen LogP contribution >= 0.6 is 57.6 Å². The van der Waals surface area contributed by atoms with Gasteiger partial charge >= 0.3 is 0 Å². The topological polar surface area (TPSA) is 59.8 Å². The molecular weight excluding hydrogens is 566 g/mol. The highest BCUT2D eigenvalue weighted by atomic mass is 127. The van der Waals surface area contributed by atoms with Gasteiger partial charge in [0.2, 0.25) is 5.91 Å². The van der Waals surface area contributed by atoms with Gasteiger partial charge in [-0.3, -0.25) is 9.36 Å². The number of carbonyl (C=O) groups is 1. The summed E-state index contributed by atoms with van der Waals surface area (Å²) in [5, 5.41) is 13.2. The van der Waals surface area contributed by atoms with E-state index in [1.807, 2.05) is 16.7 Å². The zero-order valence-electron chi connectivity index (χ0n) is 17.0. The second-order valence-corrected chi connectivity index (χ2v) is 10.1. The van der Waals surface area contributed by atoms with Gasteiger partial charge in [-0.1, -0.05) is 54.9 Å². The van der Waals surface area contributed by atoms with E-state index in [0.29, 0.717) is 33.5 Å². The monoisotopic (exact) mass is 586 g/mol. The van der Waals surface area contributed by atoms with Gasteiger partial charge in [0.25, 0.3) is 0 Å². The molecule has 9 heteroatoms. The Hall–Kier alpha value is -1.55. The lowest BCUT2D eigenvalue weighted by Gasteiger charge is -2.14. The van der Waals surface area contributed by atoms with E-state index < -0.39 is 0 Å². The smallest absolute Gasteiger partial charge is 0.234 e. The van der Waals surface area contributed by atoms with Crippen LogP contribution in [0.15, 0.2) is 54.2 Å². The largest absolute Gasteiger partial charge is 0.325 e. The van der Waals surface area contributed by atoms with Gasteiger partial charge in [0.05, 0.1) is 10.8 Å². The number of nitrogens with one attached hydrogen (secondary N) is 1. The molecule has 1 aromatic heterocycles. The predicted molar refractivity (Wildman–Crippen MR) is 138 cm³/mol. The maximum Gasteiger partial charge on any atom is 0.234 e. The third kappa shape index (κ3) is 6.03. The van der Waals surface area contributed by atoms with Gasteiger partial charge in [0.1, 0.15) is 0 Å². The summed E-state index contributed by atoms with van der Waals surface area (Å²) < 4.78 is 3.02. The summed E-state index contributed by atoms with van der Waals surface area (Å²) in [5.41, 5.74) is 2.67. The van der Waals surface area contributed by atoms with Gasteiger partial charge in [0, 0.05) is 26.4 Å². The van der Waals surface area contributed by atoms with Gasteiger partial charge in [0.15, 0.2) is 11.0 Å². The van der Waals surface area contributed by atoms with Gasteiger partial charge in [-0.2, -0.15) is 0 Å². The second-order valence-electron chi connectivity index (χ2n) is 7.05. The van der Waals surface area contributed by atoms with Crippen molar-refractivity contribution in [1.82, 2.24) is 14.8 Å². The number of amides is 1. The number of aromatic nitrogens is 3. The number of allylic oxidation sites excluding steroid dienone is 1. The fourth-order valence-electron chi connectivity index (χ4n) is 3.00. The lowest BCUT2D eigenvalue weighted by Crippen LogP contribution is -2.16. The average Bonchev–Trinajstić information content (AvgIpc) is 3.10. The highest BCUT2D eigenvalue weighted by Gasteiger charge is 2.18. The first-order valence-electron chi connectivity index (χ1n) is 9.51. The molecule has 5 nitrogen and oxygen atoms in total. The number of rotatable bonds is 8. The first-order valence-corrected chi connectivity index (χ1v) is 12.3.